The van der Waals surface area contributed by atoms with E-state index in [1.807, 2.05) is 13.8 Å². The summed E-state index contributed by atoms with van der Waals surface area (Å²) in [5.41, 5.74) is 1.90. The average Bonchev–Trinajstić information content (AvgIpc) is 3.14. The van der Waals surface area contributed by atoms with Crippen LogP contribution in [0.3, 0.4) is 0 Å². The molecule has 2 heterocycles. The van der Waals surface area contributed by atoms with E-state index in [0.29, 0.717) is 0 Å². The first-order valence-corrected chi connectivity index (χ1v) is 9.75. The van der Waals surface area contributed by atoms with Gasteiger partial charge in [0, 0.05) is 26.2 Å². The SMILES string of the molecule is Cc1ccc(S(=O)(=O)N2CCN(C(=O)c3ccc([N+](=O)[O-])o3)CC2)cc1C. The normalized spacial score (nSPS) is 15.7. The number of sulfonamides is 1. The Kier molecular flexibility index (Phi) is 5.03. The molecule has 9 nitrogen and oxygen atoms in total. The zero-order chi connectivity index (χ0) is 19.8. The van der Waals surface area contributed by atoms with Gasteiger partial charge >= 0.3 is 5.88 Å². The lowest BCUT2D eigenvalue weighted by Crippen LogP contribution is -2.50. The maximum atomic E-state index is 12.8. The number of carbonyl (C=O) groups excluding carboxylic acids is 1. The molecule has 1 aromatic carbocycles. The molecule has 3 rings (SSSR count). The van der Waals surface area contributed by atoms with Gasteiger partial charge in [0.2, 0.25) is 10.0 Å². The molecule has 0 spiro atoms. The predicted molar refractivity (Wildman–Crippen MR) is 95.9 cm³/mol. The Morgan fingerprint density at radius 1 is 1.07 bits per heavy atom. The van der Waals surface area contributed by atoms with Crippen LogP contribution in [0.4, 0.5) is 5.88 Å². The number of benzene rings is 1. The fraction of sp³-hybridized carbons (Fsp3) is 0.353. The summed E-state index contributed by atoms with van der Waals surface area (Å²) in [6.45, 7) is 4.41. The lowest BCUT2D eigenvalue weighted by molar-refractivity contribution is -0.402. The third-order valence-electron chi connectivity index (χ3n) is 4.62. The summed E-state index contributed by atoms with van der Waals surface area (Å²) < 4.78 is 31.9. The van der Waals surface area contributed by atoms with E-state index < -0.39 is 26.7 Å². The number of carbonyl (C=O) groups is 1. The van der Waals surface area contributed by atoms with Crippen LogP contribution < -0.4 is 0 Å². The molecule has 1 aliphatic heterocycles. The number of piperazine rings is 1. The molecular weight excluding hydrogens is 374 g/mol. The van der Waals surface area contributed by atoms with Gasteiger partial charge in [0.05, 0.1) is 11.0 Å². The first kappa shape index (κ1) is 19.1. The van der Waals surface area contributed by atoms with Crippen LogP contribution in [0.5, 0.6) is 0 Å². The highest BCUT2D eigenvalue weighted by Gasteiger charge is 2.32. The number of aryl methyl sites for hydroxylation is 2. The summed E-state index contributed by atoms with van der Waals surface area (Å²) in [7, 11) is -3.64. The van der Waals surface area contributed by atoms with E-state index in [1.165, 1.54) is 15.3 Å². The number of amides is 1. The number of nitrogens with zero attached hydrogens (tertiary/aromatic N) is 3. The smallest absolute Gasteiger partial charge is 0.395 e. The molecule has 0 bridgehead atoms. The molecule has 0 atom stereocenters. The molecule has 1 aromatic heterocycles. The van der Waals surface area contributed by atoms with E-state index in [0.717, 1.165) is 17.2 Å². The highest BCUT2D eigenvalue weighted by molar-refractivity contribution is 7.89. The molecule has 0 unspecified atom stereocenters. The minimum atomic E-state index is -3.64. The third-order valence-corrected chi connectivity index (χ3v) is 6.52. The highest BCUT2D eigenvalue weighted by Crippen LogP contribution is 2.22. The predicted octanol–water partition coefficient (Wildman–Crippen LogP) is 1.95. The number of hydrogen-bond donors (Lipinski definition) is 0. The van der Waals surface area contributed by atoms with E-state index in [-0.39, 0.29) is 36.8 Å². The topological polar surface area (TPSA) is 114 Å². The van der Waals surface area contributed by atoms with Crippen LogP contribution in [0.15, 0.2) is 39.6 Å². The van der Waals surface area contributed by atoms with Gasteiger partial charge in [-0.15, -0.1) is 0 Å². The monoisotopic (exact) mass is 393 g/mol. The molecular formula is C17H19N3O6S. The molecule has 0 radical (unpaired) electrons. The summed E-state index contributed by atoms with van der Waals surface area (Å²) >= 11 is 0. The largest absolute Gasteiger partial charge is 0.433 e. The number of rotatable bonds is 4. The summed E-state index contributed by atoms with van der Waals surface area (Å²) in [4.78, 5) is 24.0. The lowest BCUT2D eigenvalue weighted by atomic mass is 10.1. The quantitative estimate of drug-likeness (QED) is 0.579. The van der Waals surface area contributed by atoms with E-state index in [2.05, 4.69) is 0 Å². The molecule has 1 fully saturated rings. The van der Waals surface area contributed by atoms with Crippen LogP contribution in [0, 0.1) is 24.0 Å². The van der Waals surface area contributed by atoms with Gasteiger partial charge in [0.1, 0.15) is 4.92 Å². The minimum absolute atomic E-state index is 0.132. The van der Waals surface area contributed by atoms with Crippen molar-refractivity contribution in [2.24, 2.45) is 0 Å². The Morgan fingerprint density at radius 2 is 1.74 bits per heavy atom. The molecule has 10 heteroatoms. The molecule has 2 aromatic rings. The number of furan rings is 1. The van der Waals surface area contributed by atoms with Crippen LogP contribution in [-0.4, -0.2) is 54.6 Å². The van der Waals surface area contributed by atoms with Crippen LogP contribution in [0.2, 0.25) is 0 Å². The fourth-order valence-corrected chi connectivity index (χ4v) is 4.36. The van der Waals surface area contributed by atoms with E-state index >= 15 is 0 Å². The Labute approximate surface area is 156 Å². The standard InChI is InChI=1S/C17H19N3O6S/c1-12-3-4-14(11-13(12)2)27(24,25)19-9-7-18(8-10-19)17(21)15-5-6-16(26-15)20(22)23/h3-6,11H,7-10H2,1-2H3. The van der Waals surface area contributed by atoms with Crippen LogP contribution >= 0.6 is 0 Å². The molecule has 0 N–H and O–H groups in total. The van der Waals surface area contributed by atoms with Crippen molar-refractivity contribution in [1.82, 2.24) is 9.21 Å². The van der Waals surface area contributed by atoms with Crippen molar-refractivity contribution < 1.29 is 22.6 Å². The molecule has 0 saturated carbocycles. The van der Waals surface area contributed by atoms with Crippen molar-refractivity contribution in [1.29, 1.82) is 0 Å². The van der Waals surface area contributed by atoms with Crippen molar-refractivity contribution >= 4 is 21.8 Å². The zero-order valence-electron chi connectivity index (χ0n) is 14.9. The minimum Gasteiger partial charge on any atom is -0.395 e. The van der Waals surface area contributed by atoms with Gasteiger partial charge in [-0.05, 0) is 43.2 Å². The fourth-order valence-electron chi connectivity index (χ4n) is 2.85. The van der Waals surface area contributed by atoms with E-state index in [4.69, 9.17) is 4.42 Å². The summed E-state index contributed by atoms with van der Waals surface area (Å²) in [5, 5.41) is 10.7. The summed E-state index contributed by atoms with van der Waals surface area (Å²) in [6.07, 6.45) is 0. The molecule has 1 amide bonds. The molecule has 1 aliphatic rings. The molecule has 144 valence electrons. The van der Waals surface area contributed by atoms with Crippen molar-refractivity contribution in [2.75, 3.05) is 26.2 Å². The number of hydrogen-bond acceptors (Lipinski definition) is 6. The maximum Gasteiger partial charge on any atom is 0.433 e. The first-order chi connectivity index (χ1) is 12.7. The van der Waals surface area contributed by atoms with Gasteiger partial charge in [-0.1, -0.05) is 6.07 Å². The van der Waals surface area contributed by atoms with Crippen molar-refractivity contribution in [2.45, 2.75) is 18.7 Å². The van der Waals surface area contributed by atoms with Gasteiger partial charge in [-0.25, -0.2) is 8.42 Å². The van der Waals surface area contributed by atoms with Crippen LogP contribution in [-0.2, 0) is 10.0 Å². The second-order valence-electron chi connectivity index (χ2n) is 6.34. The lowest BCUT2D eigenvalue weighted by Gasteiger charge is -2.33. The second kappa shape index (κ2) is 7.12. The first-order valence-electron chi connectivity index (χ1n) is 8.31. The van der Waals surface area contributed by atoms with Crippen molar-refractivity contribution in [3.05, 3.63) is 57.3 Å². The second-order valence-corrected chi connectivity index (χ2v) is 8.28. The van der Waals surface area contributed by atoms with Crippen LogP contribution in [0.25, 0.3) is 0 Å². The third kappa shape index (κ3) is 3.71. The zero-order valence-corrected chi connectivity index (χ0v) is 15.7. The maximum absolute atomic E-state index is 12.8. The van der Waals surface area contributed by atoms with Crippen molar-refractivity contribution in [3.63, 3.8) is 0 Å². The average molecular weight is 393 g/mol. The van der Waals surface area contributed by atoms with Crippen molar-refractivity contribution in [3.8, 4) is 0 Å². The highest BCUT2D eigenvalue weighted by atomic mass is 32.2. The molecule has 1 saturated heterocycles. The Morgan fingerprint density at radius 3 is 2.30 bits per heavy atom. The van der Waals surface area contributed by atoms with Gasteiger partial charge in [0.25, 0.3) is 5.91 Å². The molecule has 0 aliphatic carbocycles. The number of nitro groups is 1. The Bertz CT molecular complexity index is 990. The van der Waals surface area contributed by atoms with Gasteiger partial charge in [-0.3, -0.25) is 14.9 Å². The summed E-state index contributed by atoms with van der Waals surface area (Å²) in [5.74, 6) is -1.13. The van der Waals surface area contributed by atoms with Gasteiger partial charge in [0.15, 0.2) is 5.76 Å². The van der Waals surface area contributed by atoms with E-state index in [1.54, 1.807) is 18.2 Å². The molecule has 27 heavy (non-hydrogen) atoms. The Balaban J connectivity index is 1.69. The van der Waals surface area contributed by atoms with E-state index in [9.17, 15) is 23.3 Å². The summed E-state index contributed by atoms with van der Waals surface area (Å²) in [6, 6.07) is 7.36. The Hall–Kier alpha value is -2.72. The van der Waals surface area contributed by atoms with Gasteiger partial charge in [-0.2, -0.15) is 4.31 Å². The van der Waals surface area contributed by atoms with Crippen LogP contribution in [0.1, 0.15) is 21.7 Å². The van der Waals surface area contributed by atoms with Gasteiger partial charge < -0.3 is 9.32 Å².